The van der Waals surface area contributed by atoms with Crippen LogP contribution in [0.1, 0.15) is 128 Å². The summed E-state index contributed by atoms with van der Waals surface area (Å²) in [5, 5.41) is 0. The Kier molecular flexibility index (Phi) is 11.3. The maximum absolute atomic E-state index is 2.35. The summed E-state index contributed by atoms with van der Waals surface area (Å²) in [7, 11) is 0. The van der Waals surface area contributed by atoms with E-state index in [2.05, 4.69) is 125 Å². The largest absolute Gasteiger partial charge is 0.0620 e. The van der Waals surface area contributed by atoms with E-state index in [9.17, 15) is 0 Å². The molecule has 0 heteroatoms. The Morgan fingerprint density at radius 2 is 0.744 bits per heavy atom. The molecule has 4 aliphatic rings. The Balaban J connectivity index is 0.000000114. The SMILES string of the molecule is CC1CCCCc2ccccc21.CC1CCCc2ccccc21.CC1CCc2ccccc21.CC1Cc2ccccc2C1. The zero-order valence-electron chi connectivity index (χ0n) is 27.3. The molecule has 0 nitrogen and oxygen atoms in total. The van der Waals surface area contributed by atoms with Crippen molar-refractivity contribution in [2.24, 2.45) is 5.92 Å². The van der Waals surface area contributed by atoms with Crippen molar-refractivity contribution in [1.82, 2.24) is 0 Å². The average molecular weight is 571 g/mol. The van der Waals surface area contributed by atoms with E-state index in [0.717, 1.165) is 23.7 Å². The van der Waals surface area contributed by atoms with Gasteiger partial charge in [-0.15, -0.1) is 0 Å². The summed E-state index contributed by atoms with van der Waals surface area (Å²) in [4.78, 5) is 0. The topological polar surface area (TPSA) is 0 Å². The van der Waals surface area contributed by atoms with Crippen molar-refractivity contribution in [3.8, 4) is 0 Å². The first-order valence-electron chi connectivity index (χ1n) is 17.3. The molecule has 226 valence electrons. The van der Waals surface area contributed by atoms with Crippen LogP contribution >= 0.6 is 0 Å². The molecule has 0 fully saturated rings. The van der Waals surface area contributed by atoms with Crippen LogP contribution in [0.2, 0.25) is 0 Å². The lowest BCUT2D eigenvalue weighted by molar-refractivity contribution is 0.590. The second kappa shape index (κ2) is 15.6. The first-order chi connectivity index (χ1) is 21.0. The van der Waals surface area contributed by atoms with Crippen molar-refractivity contribution in [1.29, 1.82) is 0 Å². The molecule has 0 saturated carbocycles. The van der Waals surface area contributed by atoms with Crippen LogP contribution in [0.5, 0.6) is 0 Å². The number of aryl methyl sites for hydroxylation is 3. The molecule has 4 aromatic rings. The van der Waals surface area contributed by atoms with Crippen molar-refractivity contribution >= 4 is 0 Å². The molecule has 0 spiro atoms. The third kappa shape index (κ3) is 8.50. The first kappa shape index (κ1) is 31.3. The van der Waals surface area contributed by atoms with E-state index in [1.807, 2.05) is 0 Å². The molecule has 3 unspecified atom stereocenters. The van der Waals surface area contributed by atoms with Gasteiger partial charge in [-0.3, -0.25) is 0 Å². The lowest BCUT2D eigenvalue weighted by atomic mass is 9.84. The standard InChI is InChI=1S/C12H16.C11H14.2C10H12/c1-10-6-2-3-7-11-8-4-5-9-12(10)11;1-9-5-4-7-10-6-2-3-8-11(9)10;1-8-6-9-4-2-3-5-10(9)7-8;1-8-6-7-9-4-2-3-5-10(8)9/h4-5,8-10H,2-3,6-7H2,1H3;2-3,6,8-9H,4-5,7H2,1H3;2*2-5,8H,6-7H2,1H3. The fraction of sp³-hybridized carbons (Fsp3) is 0.442. The third-order valence-electron chi connectivity index (χ3n) is 10.3. The highest BCUT2D eigenvalue weighted by molar-refractivity contribution is 5.35. The number of hydrogen-bond acceptors (Lipinski definition) is 0. The molecule has 4 aromatic carbocycles. The van der Waals surface area contributed by atoms with Crippen molar-refractivity contribution in [2.45, 2.75) is 116 Å². The maximum atomic E-state index is 2.35. The zero-order chi connectivity index (χ0) is 30.0. The predicted octanol–water partition coefficient (Wildman–Crippen LogP) is 11.8. The molecular formula is C43H54. The molecule has 0 aliphatic heterocycles. The lowest BCUT2D eigenvalue weighted by Gasteiger charge is -2.21. The fourth-order valence-electron chi connectivity index (χ4n) is 7.71. The minimum Gasteiger partial charge on any atom is -0.0620 e. The molecule has 0 N–H and O–H groups in total. The second-order valence-electron chi connectivity index (χ2n) is 13.8. The summed E-state index contributed by atoms with van der Waals surface area (Å²) in [5.74, 6) is 3.25. The summed E-state index contributed by atoms with van der Waals surface area (Å²) in [5.41, 5.74) is 12.6. The summed E-state index contributed by atoms with van der Waals surface area (Å²) in [6.45, 7) is 9.31. The van der Waals surface area contributed by atoms with Crippen LogP contribution < -0.4 is 0 Å². The van der Waals surface area contributed by atoms with Crippen LogP contribution in [-0.4, -0.2) is 0 Å². The summed E-state index contributed by atoms with van der Waals surface area (Å²) >= 11 is 0. The van der Waals surface area contributed by atoms with Gasteiger partial charge in [0.25, 0.3) is 0 Å². The Morgan fingerprint density at radius 3 is 1.23 bits per heavy atom. The Bertz CT molecular complexity index is 1400. The van der Waals surface area contributed by atoms with Crippen LogP contribution in [-0.2, 0) is 32.1 Å². The van der Waals surface area contributed by atoms with Crippen molar-refractivity contribution in [3.63, 3.8) is 0 Å². The zero-order valence-corrected chi connectivity index (χ0v) is 27.3. The summed E-state index contributed by atoms with van der Waals surface area (Å²) in [6, 6.07) is 35.3. The van der Waals surface area contributed by atoms with Crippen LogP contribution in [0.25, 0.3) is 0 Å². The molecule has 0 aromatic heterocycles. The predicted molar refractivity (Wildman–Crippen MR) is 186 cm³/mol. The average Bonchev–Trinajstić information content (AvgIpc) is 3.55. The number of benzene rings is 4. The quantitative estimate of drug-likeness (QED) is 0.184. The maximum Gasteiger partial charge on any atom is -0.0184 e. The van der Waals surface area contributed by atoms with E-state index < -0.39 is 0 Å². The monoisotopic (exact) mass is 570 g/mol. The highest BCUT2D eigenvalue weighted by atomic mass is 14.2. The van der Waals surface area contributed by atoms with Gasteiger partial charge in [0.2, 0.25) is 0 Å². The molecule has 43 heavy (non-hydrogen) atoms. The van der Waals surface area contributed by atoms with Gasteiger partial charge in [0.05, 0.1) is 0 Å². The van der Waals surface area contributed by atoms with Crippen LogP contribution in [0.15, 0.2) is 97.1 Å². The van der Waals surface area contributed by atoms with Gasteiger partial charge in [0, 0.05) is 0 Å². The third-order valence-corrected chi connectivity index (χ3v) is 10.3. The molecule has 0 amide bonds. The number of fused-ring (bicyclic) bond motifs is 4. The van der Waals surface area contributed by atoms with Crippen molar-refractivity contribution in [3.05, 3.63) is 142 Å². The van der Waals surface area contributed by atoms with Crippen molar-refractivity contribution in [2.75, 3.05) is 0 Å². The minimum atomic E-state index is 0.781. The minimum absolute atomic E-state index is 0.781. The normalized spacial score (nSPS) is 21.5. The molecule has 4 aliphatic carbocycles. The molecular weight excluding hydrogens is 516 g/mol. The molecule has 0 bridgehead atoms. The van der Waals surface area contributed by atoms with Gasteiger partial charge in [-0.25, -0.2) is 0 Å². The van der Waals surface area contributed by atoms with Crippen molar-refractivity contribution < 1.29 is 0 Å². The lowest BCUT2D eigenvalue weighted by Crippen LogP contribution is -2.05. The Hall–Kier alpha value is -3.12. The van der Waals surface area contributed by atoms with E-state index >= 15 is 0 Å². The molecule has 0 saturated heterocycles. The number of hydrogen-bond donors (Lipinski definition) is 0. The summed E-state index contributed by atoms with van der Waals surface area (Å²) < 4.78 is 0. The van der Waals surface area contributed by atoms with Gasteiger partial charge < -0.3 is 0 Å². The molecule has 3 atom stereocenters. The van der Waals surface area contributed by atoms with Gasteiger partial charge in [-0.2, -0.15) is 0 Å². The van der Waals surface area contributed by atoms with Crippen LogP contribution in [0, 0.1) is 5.92 Å². The van der Waals surface area contributed by atoms with E-state index in [-0.39, 0.29) is 0 Å². The van der Waals surface area contributed by atoms with E-state index in [0.29, 0.717) is 0 Å². The highest BCUT2D eigenvalue weighted by Crippen LogP contribution is 2.32. The molecule has 0 radical (unpaired) electrons. The summed E-state index contributed by atoms with van der Waals surface area (Å²) in [6.07, 6.45) is 14.7. The fourth-order valence-corrected chi connectivity index (χ4v) is 7.71. The van der Waals surface area contributed by atoms with E-state index in [1.54, 1.807) is 44.5 Å². The molecule has 0 heterocycles. The highest BCUT2D eigenvalue weighted by Gasteiger charge is 2.17. The molecule has 8 rings (SSSR count). The van der Waals surface area contributed by atoms with E-state index in [1.165, 1.54) is 70.6 Å². The van der Waals surface area contributed by atoms with Gasteiger partial charge in [0.15, 0.2) is 0 Å². The van der Waals surface area contributed by atoms with Gasteiger partial charge in [-0.1, -0.05) is 131 Å². The second-order valence-corrected chi connectivity index (χ2v) is 13.8. The van der Waals surface area contributed by atoms with Crippen LogP contribution in [0.3, 0.4) is 0 Å². The Labute approximate surface area is 263 Å². The van der Waals surface area contributed by atoms with Gasteiger partial charge in [0.1, 0.15) is 0 Å². The number of rotatable bonds is 0. The first-order valence-corrected chi connectivity index (χ1v) is 17.3. The van der Waals surface area contributed by atoms with Gasteiger partial charge >= 0.3 is 0 Å². The van der Waals surface area contributed by atoms with E-state index in [4.69, 9.17) is 0 Å². The smallest absolute Gasteiger partial charge is 0.0184 e. The Morgan fingerprint density at radius 1 is 0.372 bits per heavy atom. The van der Waals surface area contributed by atoms with Crippen LogP contribution in [0.4, 0.5) is 0 Å². The van der Waals surface area contributed by atoms with Gasteiger partial charge in [-0.05, 0) is 132 Å².